The average Bonchev–Trinajstić information content (AvgIpc) is 2.57. The molecule has 0 saturated carbocycles. The van der Waals surface area contributed by atoms with Crippen LogP contribution in [0.4, 0.5) is 0 Å². The number of nitrogens with zero attached hydrogens (tertiary/aromatic N) is 3. The number of fused-ring (bicyclic) bond motifs is 1. The minimum absolute atomic E-state index is 0.115. The van der Waals surface area contributed by atoms with Crippen molar-refractivity contribution in [3.05, 3.63) is 75.3 Å². The van der Waals surface area contributed by atoms with Crippen LogP contribution < -0.4 is 5.56 Å². The highest BCUT2D eigenvalue weighted by molar-refractivity contribution is 6.31. The highest BCUT2D eigenvalue weighted by Crippen LogP contribution is 2.14. The number of carbonyl (C=O) groups is 1. The summed E-state index contributed by atoms with van der Waals surface area (Å²) in [6.45, 7) is -0.115. The molecule has 0 bridgehead atoms. The topological polar surface area (TPSA) is 75.8 Å². The quantitative estimate of drug-likeness (QED) is 0.694. The number of nitriles is 1. The van der Waals surface area contributed by atoms with Crippen LogP contribution in [-0.4, -0.2) is 15.3 Å². The predicted octanol–water partition coefficient (Wildman–Crippen LogP) is 2.80. The van der Waals surface area contributed by atoms with Gasteiger partial charge in [-0.2, -0.15) is 5.26 Å². The molecular weight excluding hydrogens is 314 g/mol. The molecule has 3 aromatic rings. The van der Waals surface area contributed by atoms with E-state index >= 15 is 0 Å². The Bertz CT molecular complexity index is 1000. The Labute approximate surface area is 136 Å². The first-order valence-corrected chi connectivity index (χ1v) is 7.14. The lowest BCUT2D eigenvalue weighted by Gasteiger charge is -2.06. The highest BCUT2D eigenvalue weighted by atomic mass is 35.5. The molecule has 0 aliphatic rings. The van der Waals surface area contributed by atoms with Crippen LogP contribution in [0.2, 0.25) is 5.02 Å². The fourth-order valence-corrected chi connectivity index (χ4v) is 2.39. The Kier molecular flexibility index (Phi) is 3.92. The zero-order valence-electron chi connectivity index (χ0n) is 11.9. The summed E-state index contributed by atoms with van der Waals surface area (Å²) in [5, 5.41) is 9.66. The molecule has 0 aliphatic heterocycles. The number of aromatic nitrogens is 2. The van der Waals surface area contributed by atoms with Crippen LogP contribution >= 0.6 is 11.6 Å². The number of hydrogen-bond acceptors (Lipinski definition) is 4. The Morgan fingerprint density at radius 3 is 2.65 bits per heavy atom. The molecular formula is C17H10ClN3O2. The van der Waals surface area contributed by atoms with E-state index in [0.717, 1.165) is 0 Å². The van der Waals surface area contributed by atoms with Gasteiger partial charge in [-0.15, -0.1) is 0 Å². The second-order valence-electron chi connectivity index (χ2n) is 4.95. The van der Waals surface area contributed by atoms with Crippen molar-refractivity contribution in [1.29, 1.82) is 5.26 Å². The molecule has 1 aromatic heterocycles. The molecule has 0 amide bonds. The molecule has 5 nitrogen and oxygen atoms in total. The third-order valence-electron chi connectivity index (χ3n) is 3.44. The minimum atomic E-state index is -0.298. The first-order chi connectivity index (χ1) is 11.1. The average molecular weight is 324 g/mol. The van der Waals surface area contributed by atoms with E-state index in [1.54, 1.807) is 42.5 Å². The van der Waals surface area contributed by atoms with E-state index in [2.05, 4.69) is 4.98 Å². The molecule has 0 spiro atoms. The van der Waals surface area contributed by atoms with Gasteiger partial charge in [0.15, 0.2) is 5.78 Å². The highest BCUT2D eigenvalue weighted by Gasteiger charge is 2.10. The first kappa shape index (κ1) is 14.9. The van der Waals surface area contributed by atoms with Crippen LogP contribution in [-0.2, 0) is 6.54 Å². The number of ketones is 1. The third-order valence-corrected chi connectivity index (χ3v) is 3.67. The van der Waals surface area contributed by atoms with Gasteiger partial charge >= 0.3 is 0 Å². The zero-order valence-corrected chi connectivity index (χ0v) is 12.6. The summed E-state index contributed by atoms with van der Waals surface area (Å²) in [6, 6.07) is 13.1. The molecule has 2 aromatic carbocycles. The van der Waals surface area contributed by atoms with Crippen molar-refractivity contribution in [2.75, 3.05) is 0 Å². The number of rotatable bonds is 3. The van der Waals surface area contributed by atoms with Gasteiger partial charge in [0.2, 0.25) is 0 Å². The van der Waals surface area contributed by atoms with E-state index in [-0.39, 0.29) is 17.9 Å². The SMILES string of the molecule is N#Cc1ccc(C(=O)Cn2cnc3cc(Cl)ccc3c2=O)cc1. The van der Waals surface area contributed by atoms with Gasteiger partial charge in [-0.3, -0.25) is 14.2 Å². The molecule has 0 aliphatic carbocycles. The van der Waals surface area contributed by atoms with Gasteiger partial charge in [0.25, 0.3) is 5.56 Å². The van der Waals surface area contributed by atoms with Gasteiger partial charge in [0.1, 0.15) is 0 Å². The smallest absolute Gasteiger partial charge is 0.261 e. The molecule has 1 heterocycles. The summed E-state index contributed by atoms with van der Waals surface area (Å²) >= 11 is 5.87. The van der Waals surface area contributed by atoms with Crippen LogP contribution in [0.5, 0.6) is 0 Å². The summed E-state index contributed by atoms with van der Waals surface area (Å²) in [7, 11) is 0. The van der Waals surface area contributed by atoms with Crippen molar-refractivity contribution in [3.63, 3.8) is 0 Å². The Morgan fingerprint density at radius 2 is 1.96 bits per heavy atom. The summed E-state index contributed by atoms with van der Waals surface area (Å²) in [5.74, 6) is -0.230. The Balaban J connectivity index is 1.93. The third kappa shape index (κ3) is 2.98. The van der Waals surface area contributed by atoms with Gasteiger partial charge in [0.05, 0.1) is 35.4 Å². The summed E-state index contributed by atoms with van der Waals surface area (Å²) in [6.07, 6.45) is 1.34. The number of benzene rings is 2. The normalized spacial score (nSPS) is 10.4. The van der Waals surface area contributed by atoms with E-state index in [1.165, 1.54) is 10.9 Å². The van der Waals surface area contributed by atoms with Gasteiger partial charge in [-0.25, -0.2) is 4.98 Å². The monoisotopic (exact) mass is 323 g/mol. The molecule has 23 heavy (non-hydrogen) atoms. The second kappa shape index (κ2) is 6.03. The zero-order chi connectivity index (χ0) is 16.4. The number of carbonyl (C=O) groups excluding carboxylic acids is 1. The van der Waals surface area contributed by atoms with Crippen molar-refractivity contribution in [3.8, 4) is 6.07 Å². The fourth-order valence-electron chi connectivity index (χ4n) is 2.22. The van der Waals surface area contributed by atoms with Gasteiger partial charge in [-0.1, -0.05) is 23.7 Å². The van der Waals surface area contributed by atoms with Gasteiger partial charge in [0, 0.05) is 10.6 Å². The van der Waals surface area contributed by atoms with E-state index in [1.807, 2.05) is 6.07 Å². The van der Waals surface area contributed by atoms with Crippen LogP contribution in [0.3, 0.4) is 0 Å². The second-order valence-corrected chi connectivity index (χ2v) is 5.39. The Hall–Kier alpha value is -2.97. The van der Waals surface area contributed by atoms with Crippen molar-refractivity contribution >= 4 is 28.3 Å². The number of halogens is 1. The lowest BCUT2D eigenvalue weighted by atomic mass is 10.1. The number of hydrogen-bond donors (Lipinski definition) is 0. The van der Waals surface area contributed by atoms with Crippen molar-refractivity contribution in [2.45, 2.75) is 6.54 Å². The van der Waals surface area contributed by atoms with Crippen LogP contribution in [0.1, 0.15) is 15.9 Å². The molecule has 0 radical (unpaired) electrons. The van der Waals surface area contributed by atoms with Crippen LogP contribution in [0, 0.1) is 11.3 Å². The fraction of sp³-hybridized carbons (Fsp3) is 0.0588. The summed E-state index contributed by atoms with van der Waals surface area (Å²) in [5.41, 5.74) is 1.10. The lowest BCUT2D eigenvalue weighted by Crippen LogP contribution is -2.24. The van der Waals surface area contributed by atoms with E-state index in [4.69, 9.17) is 16.9 Å². The van der Waals surface area contributed by atoms with Crippen LogP contribution in [0.15, 0.2) is 53.6 Å². The molecule has 0 atom stereocenters. The Morgan fingerprint density at radius 1 is 1.22 bits per heavy atom. The van der Waals surface area contributed by atoms with Crippen molar-refractivity contribution in [2.24, 2.45) is 0 Å². The van der Waals surface area contributed by atoms with Gasteiger partial charge < -0.3 is 0 Å². The number of Topliss-reactive ketones (excluding diaryl/α,β-unsaturated/α-hetero) is 1. The first-order valence-electron chi connectivity index (χ1n) is 6.76. The molecule has 0 saturated heterocycles. The van der Waals surface area contributed by atoms with Crippen LogP contribution in [0.25, 0.3) is 10.9 Å². The maximum Gasteiger partial charge on any atom is 0.261 e. The van der Waals surface area contributed by atoms with Crippen molar-refractivity contribution in [1.82, 2.24) is 9.55 Å². The van der Waals surface area contributed by atoms with Crippen molar-refractivity contribution < 1.29 is 4.79 Å². The predicted molar refractivity (Wildman–Crippen MR) is 86.5 cm³/mol. The molecule has 0 fully saturated rings. The van der Waals surface area contributed by atoms with E-state index < -0.39 is 0 Å². The molecule has 112 valence electrons. The minimum Gasteiger partial charge on any atom is -0.292 e. The summed E-state index contributed by atoms with van der Waals surface area (Å²) in [4.78, 5) is 28.8. The maximum atomic E-state index is 12.4. The summed E-state index contributed by atoms with van der Waals surface area (Å²) < 4.78 is 1.26. The molecule has 6 heteroatoms. The molecule has 0 N–H and O–H groups in total. The lowest BCUT2D eigenvalue weighted by molar-refractivity contribution is 0.0970. The van der Waals surface area contributed by atoms with E-state index in [9.17, 15) is 9.59 Å². The van der Waals surface area contributed by atoms with Gasteiger partial charge in [-0.05, 0) is 30.3 Å². The molecule has 3 rings (SSSR count). The van der Waals surface area contributed by atoms with E-state index in [0.29, 0.717) is 27.1 Å². The largest absolute Gasteiger partial charge is 0.292 e. The molecule has 0 unspecified atom stereocenters. The standard InChI is InChI=1S/C17H10ClN3O2/c18-13-5-6-14-15(7-13)20-10-21(17(14)23)9-16(22)12-3-1-11(8-19)2-4-12/h1-7,10H,9H2. The maximum absolute atomic E-state index is 12.4.